The Morgan fingerprint density at radius 2 is 2.53 bits per heavy atom. The van der Waals surface area contributed by atoms with Gasteiger partial charge in [-0.3, -0.25) is 9.78 Å². The highest BCUT2D eigenvalue weighted by Gasteiger charge is 2.38. The SMILES string of the molecule is C[C@H](NC(=O)C1(N)CCOC1)c1cccnc1. The molecule has 2 heterocycles. The van der Waals surface area contributed by atoms with E-state index in [4.69, 9.17) is 10.5 Å². The van der Waals surface area contributed by atoms with Gasteiger partial charge in [-0.1, -0.05) is 6.07 Å². The minimum absolute atomic E-state index is 0.0998. The van der Waals surface area contributed by atoms with Crippen molar-refractivity contribution in [3.05, 3.63) is 30.1 Å². The molecule has 0 aliphatic carbocycles. The molecule has 1 aromatic rings. The van der Waals surface area contributed by atoms with Crippen LogP contribution in [-0.4, -0.2) is 29.6 Å². The van der Waals surface area contributed by atoms with E-state index in [1.807, 2.05) is 19.1 Å². The Balaban J connectivity index is 1.99. The van der Waals surface area contributed by atoms with Gasteiger partial charge in [-0.25, -0.2) is 0 Å². The molecule has 0 bridgehead atoms. The van der Waals surface area contributed by atoms with Crippen molar-refractivity contribution in [2.24, 2.45) is 5.73 Å². The Kier molecular flexibility index (Phi) is 3.40. The standard InChI is InChI=1S/C12H17N3O2/c1-9(10-3-2-5-14-7-10)15-11(16)12(13)4-6-17-8-12/h2-3,5,7,9H,4,6,8,13H2,1H3,(H,15,16)/t9-,12?/m0/s1. The van der Waals surface area contributed by atoms with E-state index in [1.165, 1.54) is 0 Å². The Morgan fingerprint density at radius 1 is 1.71 bits per heavy atom. The molecular weight excluding hydrogens is 218 g/mol. The molecule has 1 saturated heterocycles. The van der Waals surface area contributed by atoms with Gasteiger partial charge in [0.2, 0.25) is 5.91 Å². The summed E-state index contributed by atoms with van der Waals surface area (Å²) in [5, 5.41) is 2.89. The number of nitrogens with one attached hydrogen (secondary N) is 1. The molecule has 5 heteroatoms. The lowest BCUT2D eigenvalue weighted by Gasteiger charge is -2.23. The first-order valence-electron chi connectivity index (χ1n) is 5.69. The van der Waals surface area contributed by atoms with Gasteiger partial charge in [0.1, 0.15) is 5.54 Å². The fraction of sp³-hybridized carbons (Fsp3) is 0.500. The third-order valence-electron chi connectivity index (χ3n) is 3.04. The number of ether oxygens (including phenoxy) is 1. The maximum Gasteiger partial charge on any atom is 0.243 e. The van der Waals surface area contributed by atoms with Crippen LogP contribution in [0.3, 0.4) is 0 Å². The summed E-state index contributed by atoms with van der Waals surface area (Å²) in [6, 6.07) is 3.67. The van der Waals surface area contributed by atoms with Crippen LogP contribution in [0.1, 0.15) is 24.9 Å². The normalized spacial score (nSPS) is 25.5. The molecule has 2 atom stereocenters. The van der Waals surface area contributed by atoms with Crippen molar-refractivity contribution in [2.45, 2.75) is 24.9 Å². The molecule has 2 rings (SSSR count). The smallest absolute Gasteiger partial charge is 0.243 e. The predicted octanol–water partition coefficient (Wildman–Crippen LogP) is 0.377. The van der Waals surface area contributed by atoms with E-state index in [0.717, 1.165) is 5.56 Å². The van der Waals surface area contributed by atoms with Gasteiger partial charge < -0.3 is 15.8 Å². The van der Waals surface area contributed by atoms with Gasteiger partial charge in [-0.05, 0) is 25.0 Å². The molecule has 92 valence electrons. The van der Waals surface area contributed by atoms with E-state index >= 15 is 0 Å². The van der Waals surface area contributed by atoms with Crippen molar-refractivity contribution in [1.29, 1.82) is 0 Å². The van der Waals surface area contributed by atoms with Crippen LogP contribution in [-0.2, 0) is 9.53 Å². The minimum Gasteiger partial charge on any atom is -0.379 e. The van der Waals surface area contributed by atoms with Crippen LogP contribution >= 0.6 is 0 Å². The summed E-state index contributed by atoms with van der Waals surface area (Å²) in [7, 11) is 0. The molecular formula is C12H17N3O2. The van der Waals surface area contributed by atoms with Gasteiger partial charge in [0.25, 0.3) is 0 Å². The maximum absolute atomic E-state index is 12.0. The van der Waals surface area contributed by atoms with Gasteiger partial charge in [-0.2, -0.15) is 0 Å². The topological polar surface area (TPSA) is 77.2 Å². The summed E-state index contributed by atoms with van der Waals surface area (Å²) >= 11 is 0. The molecule has 0 radical (unpaired) electrons. The Morgan fingerprint density at radius 3 is 3.12 bits per heavy atom. The van der Waals surface area contributed by atoms with Gasteiger partial charge in [0.15, 0.2) is 0 Å². The molecule has 1 unspecified atom stereocenters. The number of rotatable bonds is 3. The maximum atomic E-state index is 12.0. The molecule has 1 aliphatic heterocycles. The summed E-state index contributed by atoms with van der Waals surface area (Å²) in [5.74, 6) is -0.161. The first kappa shape index (κ1) is 12.0. The van der Waals surface area contributed by atoms with Gasteiger partial charge in [0.05, 0.1) is 12.6 Å². The van der Waals surface area contributed by atoms with Gasteiger partial charge in [0, 0.05) is 19.0 Å². The first-order valence-corrected chi connectivity index (χ1v) is 5.69. The molecule has 5 nitrogen and oxygen atoms in total. The van der Waals surface area contributed by atoms with Crippen LogP contribution in [0.15, 0.2) is 24.5 Å². The second kappa shape index (κ2) is 4.81. The summed E-state index contributed by atoms with van der Waals surface area (Å²) in [5.41, 5.74) is 6.06. The van der Waals surface area contributed by atoms with E-state index < -0.39 is 5.54 Å². The van der Waals surface area contributed by atoms with Crippen LogP contribution in [0.25, 0.3) is 0 Å². The van der Waals surface area contributed by atoms with E-state index in [0.29, 0.717) is 19.6 Å². The van der Waals surface area contributed by atoms with Crippen molar-refractivity contribution in [3.63, 3.8) is 0 Å². The molecule has 17 heavy (non-hydrogen) atoms. The lowest BCUT2D eigenvalue weighted by Crippen LogP contribution is -2.54. The minimum atomic E-state index is -0.879. The third kappa shape index (κ3) is 2.62. The molecule has 0 saturated carbocycles. The van der Waals surface area contributed by atoms with Crippen LogP contribution in [0.2, 0.25) is 0 Å². The van der Waals surface area contributed by atoms with E-state index in [9.17, 15) is 4.79 Å². The number of nitrogens with two attached hydrogens (primary N) is 1. The fourth-order valence-electron chi connectivity index (χ4n) is 1.82. The molecule has 1 aromatic heterocycles. The highest BCUT2D eigenvalue weighted by molar-refractivity contribution is 5.86. The molecule has 0 aromatic carbocycles. The third-order valence-corrected chi connectivity index (χ3v) is 3.04. The summed E-state index contributed by atoms with van der Waals surface area (Å²) < 4.78 is 5.17. The molecule has 1 aliphatic rings. The summed E-state index contributed by atoms with van der Waals surface area (Å²) in [6.45, 7) is 2.75. The number of aromatic nitrogens is 1. The number of carbonyl (C=O) groups is 1. The number of amides is 1. The number of pyridine rings is 1. The fourth-order valence-corrected chi connectivity index (χ4v) is 1.82. The van der Waals surface area contributed by atoms with Crippen molar-refractivity contribution >= 4 is 5.91 Å². The zero-order valence-electron chi connectivity index (χ0n) is 9.85. The number of carbonyl (C=O) groups excluding carboxylic acids is 1. The van der Waals surface area contributed by atoms with Crippen molar-refractivity contribution in [1.82, 2.24) is 10.3 Å². The Bertz CT molecular complexity index is 388. The zero-order valence-corrected chi connectivity index (χ0v) is 9.85. The molecule has 1 amide bonds. The van der Waals surface area contributed by atoms with E-state index in [1.54, 1.807) is 12.4 Å². The van der Waals surface area contributed by atoms with Gasteiger partial charge >= 0.3 is 0 Å². The van der Waals surface area contributed by atoms with Crippen molar-refractivity contribution in [3.8, 4) is 0 Å². The number of nitrogens with zero attached hydrogens (tertiary/aromatic N) is 1. The summed E-state index contributed by atoms with van der Waals surface area (Å²) in [4.78, 5) is 16.0. The van der Waals surface area contributed by atoms with Gasteiger partial charge in [-0.15, -0.1) is 0 Å². The second-order valence-electron chi connectivity index (χ2n) is 4.44. The highest BCUT2D eigenvalue weighted by Crippen LogP contribution is 2.18. The van der Waals surface area contributed by atoms with Crippen LogP contribution in [0, 0.1) is 0 Å². The average molecular weight is 235 g/mol. The van der Waals surface area contributed by atoms with E-state index in [2.05, 4.69) is 10.3 Å². The summed E-state index contributed by atoms with van der Waals surface area (Å²) in [6.07, 6.45) is 4.01. The lowest BCUT2D eigenvalue weighted by atomic mass is 9.98. The first-order chi connectivity index (χ1) is 8.12. The molecule has 3 N–H and O–H groups in total. The molecule has 0 spiro atoms. The monoisotopic (exact) mass is 235 g/mol. The Hall–Kier alpha value is -1.46. The van der Waals surface area contributed by atoms with Crippen LogP contribution < -0.4 is 11.1 Å². The quantitative estimate of drug-likeness (QED) is 0.794. The van der Waals surface area contributed by atoms with E-state index in [-0.39, 0.29) is 11.9 Å². The lowest BCUT2D eigenvalue weighted by molar-refractivity contribution is -0.127. The van der Waals surface area contributed by atoms with Crippen LogP contribution in [0.5, 0.6) is 0 Å². The largest absolute Gasteiger partial charge is 0.379 e. The number of hydrogen-bond acceptors (Lipinski definition) is 4. The van der Waals surface area contributed by atoms with Crippen molar-refractivity contribution in [2.75, 3.05) is 13.2 Å². The second-order valence-corrected chi connectivity index (χ2v) is 4.44. The number of hydrogen-bond donors (Lipinski definition) is 2. The van der Waals surface area contributed by atoms with Crippen molar-refractivity contribution < 1.29 is 9.53 Å². The Labute approximate surface area is 100 Å². The zero-order chi connectivity index (χ0) is 12.3. The van der Waals surface area contributed by atoms with Crippen LogP contribution in [0.4, 0.5) is 0 Å². The highest BCUT2D eigenvalue weighted by atomic mass is 16.5. The predicted molar refractivity (Wildman–Crippen MR) is 63.1 cm³/mol. The molecule has 1 fully saturated rings. The average Bonchev–Trinajstić information content (AvgIpc) is 2.78.